The van der Waals surface area contributed by atoms with Crippen molar-refractivity contribution in [2.45, 2.75) is 280 Å². The Morgan fingerprint density at radius 3 is 0.578 bits per heavy atom. The van der Waals surface area contributed by atoms with Crippen LogP contribution in [0.15, 0.2) is 237 Å². The Morgan fingerprint density at radius 1 is 0.167 bits per heavy atom. The van der Waals surface area contributed by atoms with E-state index < -0.39 is 0 Å². The number of benzene rings is 10. The highest BCUT2D eigenvalue weighted by molar-refractivity contribution is 5.39. The third-order valence-electron chi connectivity index (χ3n) is 17.8. The zero-order valence-corrected chi connectivity index (χ0v) is 69.7. The molecular weight excluding hydrogens is 1230 g/mol. The fourth-order valence-electron chi connectivity index (χ4n) is 11.7. The van der Waals surface area contributed by atoms with Gasteiger partial charge >= 0.3 is 0 Å². The van der Waals surface area contributed by atoms with Gasteiger partial charge in [0, 0.05) is 0 Å². The standard InChI is InChI=1S/C20H26.4C18H22.5C2H6/c1-5-18-11-10-17(13-19(18)6-2)12-16-8-7-9-20(14-16)15(3)4;2*1-4-15-7-5-8-16(11-15)12-17-9-6-10-18(13-17)14(2)3;2*1-4-15-8-10-16(11-9-15)12-17-6-5-7-18(13-17)14(2)3;5*1-2/h7-11,13-15H,5-6,12H2,1-4H3;4*5-11,13-14H,4,12H2,1-3H3;5*1-2H3. The minimum Gasteiger partial charge on any atom is -0.0683 e. The summed E-state index contributed by atoms with van der Waals surface area (Å²) in [4.78, 5) is 0. The average Bonchev–Trinajstić information content (AvgIpc) is 0.912. The van der Waals surface area contributed by atoms with Crippen molar-refractivity contribution in [1.29, 1.82) is 0 Å². The van der Waals surface area contributed by atoms with Crippen molar-refractivity contribution in [2.75, 3.05) is 0 Å². The molecule has 0 aliphatic carbocycles. The van der Waals surface area contributed by atoms with Gasteiger partial charge in [0.05, 0.1) is 0 Å². The van der Waals surface area contributed by atoms with Crippen molar-refractivity contribution in [3.63, 3.8) is 0 Å². The predicted octanol–water partition coefficient (Wildman–Crippen LogP) is 30.5. The molecule has 0 saturated heterocycles. The number of hydrogen-bond donors (Lipinski definition) is 0. The molecule has 0 aliphatic rings. The molecule has 0 heteroatoms. The first-order valence-electron chi connectivity index (χ1n) is 40.2. The monoisotopic (exact) mass is 1370 g/mol. The van der Waals surface area contributed by atoms with E-state index in [0.29, 0.717) is 29.6 Å². The lowest BCUT2D eigenvalue weighted by atomic mass is 9.94. The zero-order valence-electron chi connectivity index (χ0n) is 69.7. The van der Waals surface area contributed by atoms with Gasteiger partial charge in [0.25, 0.3) is 0 Å². The maximum Gasteiger partial charge on any atom is -0.00256 e. The van der Waals surface area contributed by atoms with E-state index in [0.717, 1.165) is 70.6 Å². The minimum absolute atomic E-state index is 0.601. The zero-order chi connectivity index (χ0) is 76.4. The maximum absolute atomic E-state index is 2.39. The Morgan fingerprint density at radius 2 is 0.353 bits per heavy atom. The van der Waals surface area contributed by atoms with E-state index in [-0.39, 0.29) is 0 Å². The molecule has 0 saturated carbocycles. The summed E-state index contributed by atoms with van der Waals surface area (Å²) in [6, 6.07) is 87.6. The maximum atomic E-state index is 2.39. The van der Waals surface area contributed by atoms with Crippen LogP contribution in [0.4, 0.5) is 0 Å². The van der Waals surface area contributed by atoms with Crippen molar-refractivity contribution in [2.24, 2.45) is 0 Å². The lowest BCUT2D eigenvalue weighted by Crippen LogP contribution is -1.96. The van der Waals surface area contributed by atoms with Crippen LogP contribution in [0.25, 0.3) is 0 Å². The summed E-state index contributed by atoms with van der Waals surface area (Å²) < 4.78 is 0. The van der Waals surface area contributed by atoms with Gasteiger partial charge in [-0.25, -0.2) is 0 Å². The first kappa shape index (κ1) is 92.2. The second-order valence-corrected chi connectivity index (χ2v) is 26.9. The summed E-state index contributed by atoms with van der Waals surface area (Å²) in [5, 5.41) is 0. The van der Waals surface area contributed by atoms with Crippen molar-refractivity contribution >= 4 is 0 Å². The van der Waals surface area contributed by atoms with Gasteiger partial charge in [-0.05, 0) is 217 Å². The van der Waals surface area contributed by atoms with Crippen LogP contribution in [-0.4, -0.2) is 0 Å². The second-order valence-electron chi connectivity index (χ2n) is 26.9. The Balaban J connectivity index is 0.000000618. The highest BCUT2D eigenvalue weighted by atomic mass is 14.1. The van der Waals surface area contributed by atoms with Gasteiger partial charge in [-0.2, -0.15) is 0 Å². The largest absolute Gasteiger partial charge is 0.0683 e. The van der Waals surface area contributed by atoms with Crippen molar-refractivity contribution in [3.05, 3.63) is 353 Å². The van der Waals surface area contributed by atoms with Crippen molar-refractivity contribution in [3.8, 4) is 0 Å². The lowest BCUT2D eigenvalue weighted by molar-refractivity contribution is 0.863. The van der Waals surface area contributed by atoms with Crippen LogP contribution in [-0.2, 0) is 70.6 Å². The molecule has 0 atom stereocenters. The fourth-order valence-corrected chi connectivity index (χ4v) is 11.7. The molecule has 0 fully saturated rings. The quantitative estimate of drug-likeness (QED) is 0.0673. The summed E-state index contributed by atoms with van der Waals surface area (Å²) >= 11 is 0. The normalized spacial score (nSPS) is 10.1. The molecule has 0 amide bonds. The highest BCUT2D eigenvalue weighted by Gasteiger charge is 2.09. The number of aryl methyl sites for hydroxylation is 6. The molecule has 0 bridgehead atoms. The highest BCUT2D eigenvalue weighted by Crippen LogP contribution is 2.25. The minimum atomic E-state index is 0.601. The molecule has 0 radical (unpaired) electrons. The van der Waals surface area contributed by atoms with Crippen LogP contribution < -0.4 is 0 Å². The Bertz CT molecular complexity index is 3520. The fraction of sp³-hybridized carbons (Fsp3) is 0.412. The second kappa shape index (κ2) is 54.8. The van der Waals surface area contributed by atoms with Gasteiger partial charge in [0.1, 0.15) is 0 Å². The lowest BCUT2D eigenvalue weighted by Gasteiger charge is -2.11. The molecule has 10 aromatic rings. The molecule has 0 unspecified atom stereocenters. The van der Waals surface area contributed by atoms with E-state index in [4.69, 9.17) is 0 Å². The molecule has 102 heavy (non-hydrogen) atoms. The molecule has 0 aromatic heterocycles. The third kappa shape index (κ3) is 35.4. The predicted molar refractivity (Wildman–Crippen MR) is 462 cm³/mol. The molecule has 552 valence electrons. The molecule has 10 aromatic carbocycles. The topological polar surface area (TPSA) is 0 Å². The Hall–Kier alpha value is -7.80. The van der Waals surface area contributed by atoms with Gasteiger partial charge in [-0.3, -0.25) is 0 Å². The number of hydrogen-bond acceptors (Lipinski definition) is 0. The summed E-state index contributed by atoms with van der Waals surface area (Å²) in [7, 11) is 0. The first-order valence-corrected chi connectivity index (χ1v) is 40.2. The van der Waals surface area contributed by atoms with E-state index >= 15 is 0 Å². The molecule has 10 rings (SSSR count). The summed E-state index contributed by atoms with van der Waals surface area (Å²) in [6.07, 6.45) is 11.9. The summed E-state index contributed by atoms with van der Waals surface area (Å²) in [5.74, 6) is 3.02. The summed E-state index contributed by atoms with van der Waals surface area (Å²) in [5.41, 5.74) is 29.9. The van der Waals surface area contributed by atoms with Gasteiger partial charge < -0.3 is 0 Å². The van der Waals surface area contributed by atoms with E-state index in [2.05, 4.69) is 347 Å². The van der Waals surface area contributed by atoms with Crippen molar-refractivity contribution in [1.82, 2.24) is 0 Å². The van der Waals surface area contributed by atoms with Gasteiger partial charge in [0.15, 0.2) is 0 Å². The van der Waals surface area contributed by atoms with E-state index in [9.17, 15) is 0 Å². The summed E-state index contributed by atoms with van der Waals surface area (Å²) in [6.45, 7) is 55.8. The van der Waals surface area contributed by atoms with Crippen LogP contribution in [0.2, 0.25) is 0 Å². The first-order chi connectivity index (χ1) is 49.4. The average molecular weight is 1370 g/mol. The third-order valence-corrected chi connectivity index (χ3v) is 17.8. The SMILES string of the molecule is CC.CC.CC.CC.CC.CCc1ccc(Cc2cccc(C(C)C)c2)cc1.CCc1ccc(Cc2cccc(C(C)C)c2)cc1.CCc1ccc(Cc2cccc(C(C)C)c2)cc1CC.CCc1cccc(Cc2cccc(C(C)C)c2)c1.CCc1cccc(Cc2cccc(C(C)C)c2)c1. The molecule has 0 nitrogen and oxygen atoms in total. The van der Waals surface area contributed by atoms with E-state index in [1.807, 2.05) is 69.2 Å². The molecule has 0 heterocycles. The van der Waals surface area contributed by atoms with E-state index in [1.165, 1.54) is 117 Å². The van der Waals surface area contributed by atoms with Crippen molar-refractivity contribution < 1.29 is 0 Å². The number of rotatable bonds is 21. The van der Waals surface area contributed by atoms with Gasteiger partial charge in [0.2, 0.25) is 0 Å². The molecule has 0 aliphatic heterocycles. The Labute approximate surface area is 629 Å². The van der Waals surface area contributed by atoms with Gasteiger partial charge in [-0.15, -0.1) is 0 Å². The van der Waals surface area contributed by atoms with Gasteiger partial charge in [-0.1, -0.05) is 417 Å². The van der Waals surface area contributed by atoms with Crippen LogP contribution in [0, 0.1) is 0 Å². The van der Waals surface area contributed by atoms with Crippen LogP contribution in [0.5, 0.6) is 0 Å². The molecular formula is C102H144. The van der Waals surface area contributed by atoms with E-state index in [1.54, 1.807) is 0 Å². The molecule has 0 N–H and O–H groups in total. The smallest absolute Gasteiger partial charge is 0.00256 e. The van der Waals surface area contributed by atoms with Crippen LogP contribution in [0.1, 0.15) is 326 Å². The Kier molecular flexibility index (Phi) is 49.6. The van der Waals surface area contributed by atoms with Crippen LogP contribution >= 0.6 is 0 Å². The van der Waals surface area contributed by atoms with Crippen LogP contribution in [0.3, 0.4) is 0 Å². The molecule has 0 spiro atoms.